The van der Waals surface area contributed by atoms with E-state index in [0.717, 1.165) is 17.5 Å². The molecule has 6 nitrogen and oxygen atoms in total. The van der Waals surface area contributed by atoms with Gasteiger partial charge >= 0.3 is 0 Å². The Balaban J connectivity index is 1.52. The molecular formula is C18H17ClN4O2S. The number of halogens is 1. The van der Waals surface area contributed by atoms with Gasteiger partial charge in [0, 0.05) is 17.7 Å². The summed E-state index contributed by atoms with van der Waals surface area (Å²) >= 11 is 7.83. The summed E-state index contributed by atoms with van der Waals surface area (Å²) in [6.07, 6.45) is 0.841. The molecule has 8 heteroatoms. The molecule has 1 aliphatic heterocycles. The van der Waals surface area contributed by atoms with E-state index in [1.54, 1.807) is 0 Å². The van der Waals surface area contributed by atoms with E-state index in [1.807, 2.05) is 42.5 Å². The molecule has 1 aromatic heterocycles. The number of hydrogen-bond donors (Lipinski definition) is 1. The van der Waals surface area contributed by atoms with Gasteiger partial charge in [0.2, 0.25) is 5.16 Å². The molecule has 0 spiro atoms. The molecule has 134 valence electrons. The molecule has 4 rings (SSSR count). The van der Waals surface area contributed by atoms with Crippen molar-refractivity contribution in [1.29, 1.82) is 0 Å². The van der Waals surface area contributed by atoms with Crippen molar-refractivity contribution < 1.29 is 9.47 Å². The lowest BCUT2D eigenvalue weighted by Gasteiger charge is -2.11. The predicted octanol–water partition coefficient (Wildman–Crippen LogP) is 3.77. The van der Waals surface area contributed by atoms with E-state index in [-0.39, 0.29) is 0 Å². The first kappa shape index (κ1) is 17.1. The quantitative estimate of drug-likeness (QED) is 0.541. The molecule has 0 unspecified atom stereocenters. The van der Waals surface area contributed by atoms with Crippen molar-refractivity contribution >= 4 is 23.4 Å². The maximum atomic E-state index is 6.34. The second-order valence-electron chi connectivity index (χ2n) is 5.79. The van der Waals surface area contributed by atoms with Crippen LogP contribution in [-0.2, 0) is 5.75 Å². The van der Waals surface area contributed by atoms with Crippen LogP contribution >= 0.6 is 23.4 Å². The van der Waals surface area contributed by atoms with Gasteiger partial charge < -0.3 is 15.3 Å². The SMILES string of the molecule is Nn1c(SCc2cc(Cl)c3c(c2)OCCCO3)nnc1-c1ccccc1. The van der Waals surface area contributed by atoms with Gasteiger partial charge in [0.1, 0.15) is 0 Å². The number of benzene rings is 2. The minimum Gasteiger partial charge on any atom is -0.489 e. The van der Waals surface area contributed by atoms with Gasteiger partial charge in [-0.3, -0.25) is 0 Å². The molecule has 0 aliphatic carbocycles. The van der Waals surface area contributed by atoms with Gasteiger partial charge in [0.15, 0.2) is 17.3 Å². The summed E-state index contributed by atoms with van der Waals surface area (Å²) in [5.41, 5.74) is 1.93. The Kier molecular flexibility index (Phi) is 4.90. The van der Waals surface area contributed by atoms with E-state index < -0.39 is 0 Å². The van der Waals surface area contributed by atoms with Crippen LogP contribution in [0.15, 0.2) is 47.6 Å². The van der Waals surface area contributed by atoms with Crippen LogP contribution in [0, 0.1) is 0 Å². The molecule has 26 heavy (non-hydrogen) atoms. The van der Waals surface area contributed by atoms with Crippen LogP contribution in [0.5, 0.6) is 11.5 Å². The fraction of sp³-hybridized carbons (Fsp3) is 0.222. The van der Waals surface area contributed by atoms with Crippen LogP contribution in [0.1, 0.15) is 12.0 Å². The smallest absolute Gasteiger partial charge is 0.210 e. The van der Waals surface area contributed by atoms with E-state index in [2.05, 4.69) is 10.2 Å². The van der Waals surface area contributed by atoms with Crippen LogP contribution in [0.3, 0.4) is 0 Å². The number of fused-ring (bicyclic) bond motifs is 1. The molecule has 0 atom stereocenters. The minimum absolute atomic E-state index is 0.555. The third kappa shape index (κ3) is 3.45. The highest BCUT2D eigenvalue weighted by Crippen LogP contribution is 2.39. The normalized spacial score (nSPS) is 13.4. The number of nitrogens with two attached hydrogens (primary N) is 1. The first-order valence-electron chi connectivity index (χ1n) is 8.19. The third-order valence-electron chi connectivity index (χ3n) is 3.93. The van der Waals surface area contributed by atoms with E-state index >= 15 is 0 Å². The Labute approximate surface area is 160 Å². The number of aromatic nitrogens is 3. The summed E-state index contributed by atoms with van der Waals surface area (Å²) in [6.45, 7) is 1.23. The zero-order chi connectivity index (χ0) is 17.9. The Morgan fingerprint density at radius 1 is 1.12 bits per heavy atom. The maximum Gasteiger partial charge on any atom is 0.210 e. The van der Waals surface area contributed by atoms with Crippen molar-refractivity contribution in [2.75, 3.05) is 19.1 Å². The predicted molar refractivity (Wildman–Crippen MR) is 102 cm³/mol. The molecule has 3 aromatic rings. The lowest BCUT2D eigenvalue weighted by molar-refractivity contribution is 0.297. The average molecular weight is 389 g/mol. The molecular weight excluding hydrogens is 372 g/mol. The molecule has 2 heterocycles. The molecule has 2 N–H and O–H groups in total. The summed E-state index contributed by atoms with van der Waals surface area (Å²) in [6, 6.07) is 13.6. The highest BCUT2D eigenvalue weighted by Gasteiger charge is 2.17. The van der Waals surface area contributed by atoms with Gasteiger partial charge in [-0.25, -0.2) is 4.68 Å². The van der Waals surface area contributed by atoms with E-state index in [1.165, 1.54) is 16.4 Å². The Morgan fingerprint density at radius 3 is 2.77 bits per heavy atom. The zero-order valence-electron chi connectivity index (χ0n) is 13.9. The molecule has 1 aliphatic rings. The molecule has 0 amide bonds. The van der Waals surface area contributed by atoms with E-state index in [0.29, 0.717) is 46.5 Å². The number of nitrogen functional groups attached to an aromatic ring is 1. The Morgan fingerprint density at radius 2 is 1.92 bits per heavy atom. The summed E-state index contributed by atoms with van der Waals surface area (Å²) in [7, 11) is 0. The number of rotatable bonds is 4. The van der Waals surface area contributed by atoms with E-state index in [9.17, 15) is 0 Å². The zero-order valence-corrected chi connectivity index (χ0v) is 15.5. The minimum atomic E-state index is 0.555. The molecule has 0 saturated carbocycles. The van der Waals surface area contributed by atoms with Crippen LogP contribution in [0.4, 0.5) is 0 Å². The monoisotopic (exact) mass is 388 g/mol. The highest BCUT2D eigenvalue weighted by atomic mass is 35.5. The number of thioether (sulfide) groups is 1. The molecule has 0 radical (unpaired) electrons. The van der Waals surface area contributed by atoms with Crippen LogP contribution in [0.2, 0.25) is 5.02 Å². The number of ether oxygens (including phenoxy) is 2. The maximum absolute atomic E-state index is 6.34. The molecule has 2 aromatic carbocycles. The molecule has 0 fully saturated rings. The fourth-order valence-electron chi connectivity index (χ4n) is 2.67. The van der Waals surface area contributed by atoms with Crippen molar-refractivity contribution in [2.45, 2.75) is 17.3 Å². The summed E-state index contributed by atoms with van der Waals surface area (Å²) in [4.78, 5) is 0. The highest BCUT2D eigenvalue weighted by molar-refractivity contribution is 7.98. The standard InChI is InChI=1S/C18H17ClN4O2S/c19-14-9-12(10-15-16(14)25-8-4-7-24-15)11-26-18-22-21-17(23(18)20)13-5-2-1-3-6-13/h1-3,5-6,9-10H,4,7-8,11,20H2. The number of nitrogens with zero attached hydrogens (tertiary/aromatic N) is 3. The van der Waals surface area contributed by atoms with Gasteiger partial charge in [-0.15, -0.1) is 10.2 Å². The first-order chi connectivity index (χ1) is 12.7. The Hall–Kier alpha value is -2.38. The average Bonchev–Trinajstić information content (AvgIpc) is 2.86. The van der Waals surface area contributed by atoms with Crippen LogP contribution in [0.25, 0.3) is 11.4 Å². The topological polar surface area (TPSA) is 75.2 Å². The molecule has 0 saturated heterocycles. The summed E-state index contributed by atoms with van der Waals surface area (Å²) in [5.74, 6) is 8.73. The van der Waals surface area contributed by atoms with Gasteiger partial charge in [0.25, 0.3) is 0 Å². The van der Waals surface area contributed by atoms with Crippen molar-refractivity contribution in [1.82, 2.24) is 14.9 Å². The third-order valence-corrected chi connectivity index (χ3v) is 5.22. The van der Waals surface area contributed by atoms with Crippen molar-refractivity contribution in [2.24, 2.45) is 0 Å². The molecule has 0 bridgehead atoms. The fourth-order valence-corrected chi connectivity index (χ4v) is 3.75. The lowest BCUT2D eigenvalue weighted by atomic mass is 10.2. The van der Waals surface area contributed by atoms with Crippen LogP contribution in [-0.4, -0.2) is 28.1 Å². The number of hydrogen-bond acceptors (Lipinski definition) is 6. The van der Waals surface area contributed by atoms with Crippen molar-refractivity contribution in [3.05, 3.63) is 53.1 Å². The van der Waals surface area contributed by atoms with Crippen molar-refractivity contribution in [3.8, 4) is 22.9 Å². The first-order valence-corrected chi connectivity index (χ1v) is 9.55. The van der Waals surface area contributed by atoms with Crippen molar-refractivity contribution in [3.63, 3.8) is 0 Å². The van der Waals surface area contributed by atoms with Gasteiger partial charge in [-0.05, 0) is 17.7 Å². The van der Waals surface area contributed by atoms with Crippen LogP contribution < -0.4 is 15.3 Å². The largest absolute Gasteiger partial charge is 0.489 e. The summed E-state index contributed by atoms with van der Waals surface area (Å²) in [5, 5.41) is 9.58. The van der Waals surface area contributed by atoms with Gasteiger partial charge in [0.05, 0.1) is 18.2 Å². The summed E-state index contributed by atoms with van der Waals surface area (Å²) < 4.78 is 12.9. The second kappa shape index (κ2) is 7.47. The van der Waals surface area contributed by atoms with E-state index in [4.69, 9.17) is 26.9 Å². The second-order valence-corrected chi connectivity index (χ2v) is 7.14. The van der Waals surface area contributed by atoms with Gasteiger partial charge in [-0.1, -0.05) is 53.7 Å². The Bertz CT molecular complexity index is 917. The lowest BCUT2D eigenvalue weighted by Crippen LogP contribution is -2.11. The van der Waals surface area contributed by atoms with Gasteiger partial charge in [-0.2, -0.15) is 0 Å².